The van der Waals surface area contributed by atoms with Gasteiger partial charge in [-0.1, -0.05) is 0 Å². The highest BCUT2D eigenvalue weighted by molar-refractivity contribution is 9.10. The number of methoxy groups -OCH3 is 2. The summed E-state index contributed by atoms with van der Waals surface area (Å²) in [6.45, 7) is 0.494. The Morgan fingerprint density at radius 1 is 1.13 bits per heavy atom. The first kappa shape index (κ1) is 20.7. The van der Waals surface area contributed by atoms with E-state index < -0.39 is 0 Å². The van der Waals surface area contributed by atoms with Gasteiger partial charge in [0, 0.05) is 12.1 Å². The highest BCUT2D eigenvalue weighted by Gasteiger charge is 2.16. The molecule has 0 radical (unpaired) electrons. The first-order chi connectivity index (χ1) is 15.1. The van der Waals surface area contributed by atoms with Crippen LogP contribution in [0.4, 0.5) is 0 Å². The summed E-state index contributed by atoms with van der Waals surface area (Å²) in [6.07, 6.45) is 0. The first-order valence-corrected chi connectivity index (χ1v) is 9.99. The smallest absolute Gasteiger partial charge is 0.287 e. The van der Waals surface area contributed by atoms with Crippen LogP contribution >= 0.6 is 15.9 Å². The monoisotopic (exact) mass is 487 g/mol. The third-order valence-electron chi connectivity index (χ3n) is 4.32. The van der Waals surface area contributed by atoms with Crippen molar-refractivity contribution < 1.29 is 23.4 Å². The van der Waals surface area contributed by atoms with Crippen molar-refractivity contribution in [3.63, 3.8) is 0 Å². The Hall–Kier alpha value is -3.60. The van der Waals surface area contributed by atoms with Crippen LogP contribution in [-0.2, 0) is 0 Å². The van der Waals surface area contributed by atoms with Crippen molar-refractivity contribution >= 4 is 27.5 Å². The number of benzene rings is 1. The van der Waals surface area contributed by atoms with Crippen molar-refractivity contribution in [2.24, 2.45) is 0 Å². The van der Waals surface area contributed by atoms with E-state index >= 15 is 0 Å². The molecule has 3 aromatic heterocycles. The maximum absolute atomic E-state index is 12.0. The van der Waals surface area contributed by atoms with Crippen molar-refractivity contribution in [2.75, 3.05) is 27.4 Å². The van der Waals surface area contributed by atoms with Gasteiger partial charge in [-0.3, -0.25) is 4.79 Å². The van der Waals surface area contributed by atoms with Gasteiger partial charge < -0.3 is 23.9 Å². The third-order valence-corrected chi connectivity index (χ3v) is 4.75. The summed E-state index contributed by atoms with van der Waals surface area (Å²) in [5.41, 5.74) is 1.26. The number of carbonyl (C=O) groups excluding carboxylic acids is 1. The molecule has 0 fully saturated rings. The lowest BCUT2D eigenvalue weighted by Gasteiger charge is -2.09. The molecule has 0 bridgehead atoms. The molecule has 3 heterocycles. The Morgan fingerprint density at radius 2 is 2.00 bits per heavy atom. The van der Waals surface area contributed by atoms with Crippen molar-refractivity contribution in [1.82, 2.24) is 25.1 Å². The molecular formula is C20H18BrN5O5. The van der Waals surface area contributed by atoms with Crippen LogP contribution in [0.15, 0.2) is 51.6 Å². The molecule has 1 aromatic carbocycles. The largest absolute Gasteiger partial charge is 0.497 e. The highest BCUT2D eigenvalue weighted by Crippen LogP contribution is 2.32. The lowest BCUT2D eigenvalue weighted by atomic mass is 10.2. The summed E-state index contributed by atoms with van der Waals surface area (Å²) in [4.78, 5) is 12.0. The number of halogens is 1. The SMILES string of the molecule is COc1ccc(-c2nnc3ccc(OCCNC(=O)c4ccc(Br)o4)nn23)c(OC)c1. The Kier molecular flexibility index (Phi) is 6.03. The summed E-state index contributed by atoms with van der Waals surface area (Å²) in [5.74, 6) is 1.98. The zero-order valence-electron chi connectivity index (χ0n) is 16.7. The molecule has 31 heavy (non-hydrogen) atoms. The average molecular weight is 488 g/mol. The Labute approximate surface area is 185 Å². The second-order valence-corrected chi connectivity index (χ2v) is 7.02. The van der Waals surface area contributed by atoms with E-state index in [4.69, 9.17) is 18.6 Å². The number of fused-ring (bicyclic) bond motifs is 1. The molecule has 4 rings (SSSR count). The zero-order chi connectivity index (χ0) is 21.8. The predicted molar refractivity (Wildman–Crippen MR) is 114 cm³/mol. The number of aromatic nitrogens is 4. The number of furan rings is 1. The Morgan fingerprint density at radius 3 is 2.74 bits per heavy atom. The number of carbonyl (C=O) groups is 1. The molecule has 0 aliphatic carbocycles. The number of ether oxygens (including phenoxy) is 3. The minimum absolute atomic E-state index is 0.217. The van der Waals surface area contributed by atoms with Crippen LogP contribution in [0.5, 0.6) is 17.4 Å². The van der Waals surface area contributed by atoms with Crippen LogP contribution < -0.4 is 19.5 Å². The maximum atomic E-state index is 12.0. The number of hydrogen-bond acceptors (Lipinski definition) is 8. The number of nitrogens with zero attached hydrogens (tertiary/aromatic N) is 4. The summed E-state index contributed by atoms with van der Waals surface area (Å²) >= 11 is 3.16. The van der Waals surface area contributed by atoms with Crippen molar-refractivity contribution in [3.8, 4) is 28.8 Å². The topological polar surface area (TPSA) is 113 Å². The van der Waals surface area contributed by atoms with E-state index in [2.05, 4.69) is 36.5 Å². The van der Waals surface area contributed by atoms with Gasteiger partial charge in [0.05, 0.1) is 26.3 Å². The summed E-state index contributed by atoms with van der Waals surface area (Å²) in [5, 5.41) is 15.5. The van der Waals surface area contributed by atoms with Gasteiger partial charge in [0.1, 0.15) is 18.1 Å². The third kappa shape index (κ3) is 4.45. The van der Waals surface area contributed by atoms with Crippen LogP contribution in [0.2, 0.25) is 0 Å². The summed E-state index contributed by atoms with van der Waals surface area (Å²) < 4.78 is 23.6. The Bertz CT molecular complexity index is 1220. The fraction of sp³-hybridized carbons (Fsp3) is 0.200. The van der Waals surface area contributed by atoms with Gasteiger partial charge >= 0.3 is 0 Å². The number of rotatable bonds is 8. The summed E-state index contributed by atoms with van der Waals surface area (Å²) in [7, 11) is 3.15. The number of hydrogen-bond donors (Lipinski definition) is 1. The lowest BCUT2D eigenvalue weighted by Crippen LogP contribution is -2.27. The number of nitrogens with one attached hydrogen (secondary N) is 1. The summed E-state index contributed by atoms with van der Waals surface area (Å²) in [6, 6.07) is 12.1. The minimum Gasteiger partial charge on any atom is -0.497 e. The second kappa shape index (κ2) is 9.04. The van der Waals surface area contributed by atoms with Gasteiger partial charge in [-0.05, 0) is 46.3 Å². The van der Waals surface area contributed by atoms with E-state index in [1.807, 2.05) is 6.07 Å². The molecule has 0 unspecified atom stereocenters. The van der Waals surface area contributed by atoms with Crippen LogP contribution in [-0.4, -0.2) is 53.1 Å². The molecule has 0 aliphatic heterocycles. The molecule has 160 valence electrons. The molecule has 10 nitrogen and oxygen atoms in total. The zero-order valence-corrected chi connectivity index (χ0v) is 18.2. The van der Waals surface area contributed by atoms with Gasteiger partial charge in [0.2, 0.25) is 5.88 Å². The molecule has 0 saturated carbocycles. The van der Waals surface area contributed by atoms with Crippen molar-refractivity contribution in [1.29, 1.82) is 0 Å². The molecule has 0 aliphatic rings. The van der Waals surface area contributed by atoms with Crippen LogP contribution in [0, 0.1) is 0 Å². The average Bonchev–Trinajstić information content (AvgIpc) is 3.42. The van der Waals surface area contributed by atoms with Crippen LogP contribution in [0.3, 0.4) is 0 Å². The quantitative estimate of drug-likeness (QED) is 0.377. The van der Waals surface area contributed by atoms with E-state index in [0.717, 1.165) is 0 Å². The van der Waals surface area contributed by atoms with E-state index in [0.29, 0.717) is 39.1 Å². The highest BCUT2D eigenvalue weighted by atomic mass is 79.9. The minimum atomic E-state index is -0.328. The van der Waals surface area contributed by atoms with Crippen LogP contribution in [0.1, 0.15) is 10.6 Å². The molecule has 1 N–H and O–H groups in total. The van der Waals surface area contributed by atoms with E-state index in [-0.39, 0.29) is 24.8 Å². The van der Waals surface area contributed by atoms with Gasteiger partial charge in [-0.15, -0.1) is 15.3 Å². The molecule has 1 amide bonds. The van der Waals surface area contributed by atoms with Gasteiger partial charge in [0.15, 0.2) is 21.9 Å². The molecule has 0 atom stereocenters. The maximum Gasteiger partial charge on any atom is 0.287 e. The van der Waals surface area contributed by atoms with Crippen molar-refractivity contribution in [3.05, 3.63) is 52.9 Å². The standard InChI is InChI=1S/C20H18BrN5O5/c1-28-12-3-4-13(15(11-12)29-2)19-24-23-17-7-8-18(25-26(17)19)30-10-9-22-20(27)14-5-6-16(21)31-14/h3-8,11H,9-10H2,1-2H3,(H,22,27). The van der Waals surface area contributed by atoms with Crippen LogP contribution in [0.25, 0.3) is 17.0 Å². The van der Waals surface area contributed by atoms with E-state index in [1.165, 1.54) is 0 Å². The fourth-order valence-corrected chi connectivity index (χ4v) is 3.15. The molecule has 4 aromatic rings. The van der Waals surface area contributed by atoms with E-state index in [1.54, 1.807) is 55.1 Å². The Balaban J connectivity index is 1.47. The fourth-order valence-electron chi connectivity index (χ4n) is 2.84. The number of amides is 1. The van der Waals surface area contributed by atoms with Gasteiger partial charge in [0.25, 0.3) is 5.91 Å². The second-order valence-electron chi connectivity index (χ2n) is 6.24. The molecule has 11 heteroatoms. The van der Waals surface area contributed by atoms with Crippen molar-refractivity contribution in [2.45, 2.75) is 0 Å². The molecule has 0 saturated heterocycles. The van der Waals surface area contributed by atoms with E-state index in [9.17, 15) is 4.79 Å². The lowest BCUT2D eigenvalue weighted by molar-refractivity contribution is 0.0917. The normalized spacial score (nSPS) is 10.8. The first-order valence-electron chi connectivity index (χ1n) is 9.20. The van der Waals surface area contributed by atoms with Gasteiger partial charge in [-0.25, -0.2) is 0 Å². The molecular weight excluding hydrogens is 470 g/mol. The predicted octanol–water partition coefficient (Wildman–Crippen LogP) is 2.97. The molecule has 0 spiro atoms. The van der Waals surface area contributed by atoms with Gasteiger partial charge in [-0.2, -0.15) is 4.52 Å².